The first-order valence-electron chi connectivity index (χ1n) is 8.53. The smallest absolute Gasteiger partial charge is 0.303 e. The fourth-order valence-corrected chi connectivity index (χ4v) is 3.10. The van der Waals surface area contributed by atoms with E-state index in [9.17, 15) is 9.59 Å². The second-order valence-corrected chi connectivity index (χ2v) is 6.65. The Morgan fingerprint density at radius 2 is 1.88 bits per heavy atom. The van der Waals surface area contributed by atoms with Crippen molar-refractivity contribution in [3.8, 4) is 5.69 Å². The van der Waals surface area contributed by atoms with Crippen LogP contribution in [0, 0.1) is 13.8 Å². The molecule has 6 nitrogen and oxygen atoms in total. The number of rotatable bonds is 6. The van der Waals surface area contributed by atoms with Crippen LogP contribution >= 0.6 is 0 Å². The summed E-state index contributed by atoms with van der Waals surface area (Å²) in [5, 5.41) is 13.4. The lowest BCUT2D eigenvalue weighted by molar-refractivity contribution is -0.136. The summed E-state index contributed by atoms with van der Waals surface area (Å²) in [6.07, 6.45) is 2.74. The van der Waals surface area contributed by atoms with Gasteiger partial charge in [-0.2, -0.15) is 5.10 Å². The largest absolute Gasteiger partial charge is 0.481 e. The number of hydrogen-bond acceptors (Lipinski definition) is 3. The van der Waals surface area contributed by atoms with E-state index in [2.05, 4.69) is 5.10 Å². The Balaban J connectivity index is 1.81. The summed E-state index contributed by atoms with van der Waals surface area (Å²) < 4.78 is 1.81. The van der Waals surface area contributed by atoms with Gasteiger partial charge in [-0.3, -0.25) is 9.59 Å². The predicted octanol–water partition coefficient (Wildman–Crippen LogP) is 2.74. The van der Waals surface area contributed by atoms with Crippen molar-refractivity contribution in [2.45, 2.75) is 45.6 Å². The van der Waals surface area contributed by atoms with Crippen molar-refractivity contribution in [1.29, 1.82) is 0 Å². The molecule has 1 amide bonds. The number of aliphatic carboxylic acids is 1. The molecule has 0 spiro atoms. The van der Waals surface area contributed by atoms with Gasteiger partial charge in [-0.15, -0.1) is 0 Å². The van der Waals surface area contributed by atoms with E-state index in [-0.39, 0.29) is 12.3 Å². The van der Waals surface area contributed by atoms with Crippen molar-refractivity contribution in [3.63, 3.8) is 0 Å². The zero-order valence-corrected chi connectivity index (χ0v) is 14.8. The Bertz CT molecular complexity index is 804. The summed E-state index contributed by atoms with van der Waals surface area (Å²) in [4.78, 5) is 25.0. The lowest BCUT2D eigenvalue weighted by atomic mass is 10.1. The molecule has 1 aliphatic rings. The third kappa shape index (κ3) is 3.57. The van der Waals surface area contributed by atoms with Crippen LogP contribution in [0.25, 0.3) is 5.69 Å². The molecule has 1 aromatic carbocycles. The van der Waals surface area contributed by atoms with Gasteiger partial charge in [-0.1, -0.05) is 0 Å². The molecular formula is C19H23N3O3. The number of carboxylic acid groups (broad SMARTS) is 1. The van der Waals surface area contributed by atoms with Crippen LogP contribution in [-0.2, 0) is 11.2 Å². The fraction of sp³-hybridized carbons (Fsp3) is 0.421. The highest BCUT2D eigenvalue weighted by atomic mass is 16.4. The first-order chi connectivity index (χ1) is 11.9. The maximum atomic E-state index is 12.4. The van der Waals surface area contributed by atoms with E-state index < -0.39 is 5.97 Å². The van der Waals surface area contributed by atoms with Gasteiger partial charge in [-0.25, -0.2) is 4.68 Å². The summed E-state index contributed by atoms with van der Waals surface area (Å²) in [7, 11) is 1.85. The minimum absolute atomic E-state index is 0.0459. The van der Waals surface area contributed by atoms with Gasteiger partial charge in [0.2, 0.25) is 0 Å². The number of hydrogen-bond donors (Lipinski definition) is 1. The van der Waals surface area contributed by atoms with Crippen LogP contribution in [0.5, 0.6) is 0 Å². The number of aromatic nitrogens is 2. The molecular weight excluding hydrogens is 318 g/mol. The van der Waals surface area contributed by atoms with Gasteiger partial charge < -0.3 is 10.0 Å². The maximum absolute atomic E-state index is 12.4. The van der Waals surface area contributed by atoms with Gasteiger partial charge in [0.05, 0.1) is 11.4 Å². The SMILES string of the molecule is Cc1nn(-c2ccc(C(=O)N(C)C3CC3)cc2)c(C)c1CCC(=O)O. The van der Waals surface area contributed by atoms with Crippen LogP contribution in [0.15, 0.2) is 24.3 Å². The molecule has 1 saturated carbocycles. The molecule has 1 fully saturated rings. The number of carbonyl (C=O) groups excluding carboxylic acids is 1. The Morgan fingerprint density at radius 3 is 2.44 bits per heavy atom. The molecule has 6 heteroatoms. The van der Waals surface area contributed by atoms with Crippen molar-refractivity contribution in [2.24, 2.45) is 0 Å². The average Bonchev–Trinajstić information content (AvgIpc) is 3.39. The Hall–Kier alpha value is -2.63. The molecule has 0 atom stereocenters. The summed E-state index contributed by atoms with van der Waals surface area (Å²) in [5.41, 5.74) is 4.29. The van der Waals surface area contributed by atoms with E-state index in [0.29, 0.717) is 18.0 Å². The van der Waals surface area contributed by atoms with Crippen LogP contribution in [0.2, 0.25) is 0 Å². The van der Waals surface area contributed by atoms with Gasteiger partial charge in [0.25, 0.3) is 5.91 Å². The standard InChI is InChI=1S/C19H23N3O3/c1-12-17(10-11-18(23)24)13(2)22(20-12)16-6-4-14(5-7-16)19(25)21(3)15-8-9-15/h4-7,15H,8-11H2,1-3H3,(H,23,24). The van der Waals surface area contributed by atoms with Gasteiger partial charge in [-0.05, 0) is 62.9 Å². The molecule has 3 rings (SSSR count). The van der Waals surface area contributed by atoms with E-state index in [4.69, 9.17) is 5.11 Å². The average molecular weight is 341 g/mol. The van der Waals surface area contributed by atoms with E-state index in [1.165, 1.54) is 0 Å². The molecule has 0 radical (unpaired) electrons. The lowest BCUT2D eigenvalue weighted by Gasteiger charge is -2.16. The quantitative estimate of drug-likeness (QED) is 0.876. The predicted molar refractivity (Wildman–Crippen MR) is 94.1 cm³/mol. The normalized spacial score (nSPS) is 13.7. The lowest BCUT2D eigenvalue weighted by Crippen LogP contribution is -2.28. The zero-order valence-electron chi connectivity index (χ0n) is 14.8. The van der Waals surface area contributed by atoms with Crippen molar-refractivity contribution in [1.82, 2.24) is 14.7 Å². The topological polar surface area (TPSA) is 75.4 Å². The fourth-order valence-electron chi connectivity index (χ4n) is 3.10. The number of amides is 1. The van der Waals surface area contributed by atoms with Crippen LogP contribution in [-0.4, -0.2) is 44.8 Å². The van der Waals surface area contributed by atoms with Crippen molar-refractivity contribution < 1.29 is 14.7 Å². The summed E-state index contributed by atoms with van der Waals surface area (Å²) in [6, 6.07) is 7.80. The molecule has 0 saturated heterocycles. The Labute approximate surface area is 147 Å². The summed E-state index contributed by atoms with van der Waals surface area (Å²) in [5.74, 6) is -0.765. The Morgan fingerprint density at radius 1 is 1.24 bits per heavy atom. The van der Waals surface area contributed by atoms with E-state index in [1.54, 1.807) is 0 Å². The molecule has 1 heterocycles. The second kappa shape index (κ2) is 6.70. The van der Waals surface area contributed by atoms with Crippen LogP contribution < -0.4 is 0 Å². The van der Waals surface area contributed by atoms with Crippen molar-refractivity contribution in [2.75, 3.05) is 7.05 Å². The van der Waals surface area contributed by atoms with Gasteiger partial charge in [0.15, 0.2) is 0 Å². The molecule has 25 heavy (non-hydrogen) atoms. The molecule has 0 bridgehead atoms. The van der Waals surface area contributed by atoms with E-state index >= 15 is 0 Å². The van der Waals surface area contributed by atoms with Gasteiger partial charge in [0, 0.05) is 30.8 Å². The number of carboxylic acids is 1. The molecule has 1 N–H and O–H groups in total. The Kier molecular flexibility index (Phi) is 4.61. The highest BCUT2D eigenvalue weighted by Gasteiger charge is 2.30. The highest BCUT2D eigenvalue weighted by Crippen LogP contribution is 2.27. The molecule has 132 valence electrons. The van der Waals surface area contributed by atoms with E-state index in [1.807, 2.05) is 54.7 Å². The maximum Gasteiger partial charge on any atom is 0.303 e. The molecule has 2 aromatic rings. The van der Waals surface area contributed by atoms with Crippen LogP contribution in [0.4, 0.5) is 0 Å². The highest BCUT2D eigenvalue weighted by molar-refractivity contribution is 5.94. The number of carbonyl (C=O) groups is 2. The second-order valence-electron chi connectivity index (χ2n) is 6.65. The molecule has 1 aliphatic carbocycles. The number of aryl methyl sites for hydroxylation is 1. The molecule has 1 aromatic heterocycles. The molecule has 0 unspecified atom stereocenters. The summed E-state index contributed by atoms with van der Waals surface area (Å²) >= 11 is 0. The first-order valence-corrected chi connectivity index (χ1v) is 8.53. The summed E-state index contributed by atoms with van der Waals surface area (Å²) in [6.45, 7) is 3.83. The van der Waals surface area contributed by atoms with Gasteiger partial charge in [0.1, 0.15) is 0 Å². The van der Waals surface area contributed by atoms with Crippen LogP contribution in [0.1, 0.15) is 46.6 Å². The van der Waals surface area contributed by atoms with Crippen molar-refractivity contribution >= 4 is 11.9 Å². The third-order valence-electron chi connectivity index (χ3n) is 4.80. The zero-order chi connectivity index (χ0) is 18.1. The minimum atomic E-state index is -0.811. The minimum Gasteiger partial charge on any atom is -0.481 e. The number of nitrogens with zero attached hydrogens (tertiary/aromatic N) is 3. The van der Waals surface area contributed by atoms with Gasteiger partial charge >= 0.3 is 5.97 Å². The third-order valence-corrected chi connectivity index (χ3v) is 4.80. The van der Waals surface area contributed by atoms with E-state index in [0.717, 1.165) is 35.5 Å². The number of benzene rings is 1. The molecule has 0 aliphatic heterocycles. The monoisotopic (exact) mass is 341 g/mol. The van der Waals surface area contributed by atoms with Crippen LogP contribution in [0.3, 0.4) is 0 Å². The van der Waals surface area contributed by atoms with Crippen molar-refractivity contribution in [3.05, 3.63) is 46.8 Å². The first kappa shape index (κ1) is 17.2.